The normalized spacial score (nSPS) is 25.3. The third-order valence-corrected chi connectivity index (χ3v) is 5.05. The van der Waals surface area contributed by atoms with Crippen LogP contribution in [0.25, 0.3) is 0 Å². The summed E-state index contributed by atoms with van der Waals surface area (Å²) in [7, 11) is 0. The Morgan fingerprint density at radius 3 is 2.22 bits per heavy atom. The minimum atomic E-state index is -0.0393. The van der Waals surface area contributed by atoms with Crippen molar-refractivity contribution in [3.8, 4) is 0 Å². The highest BCUT2D eigenvalue weighted by Crippen LogP contribution is 2.30. The van der Waals surface area contributed by atoms with Crippen molar-refractivity contribution >= 4 is 17.6 Å². The van der Waals surface area contributed by atoms with Crippen molar-refractivity contribution < 1.29 is 14.1 Å². The first kappa shape index (κ1) is 16.0. The maximum Gasteiger partial charge on any atom is 0.228 e. The molecular formula is C17H25N3O3. The maximum atomic E-state index is 12.3. The van der Waals surface area contributed by atoms with Gasteiger partial charge in [-0.2, -0.15) is 0 Å². The highest BCUT2D eigenvalue weighted by atomic mass is 16.5. The van der Waals surface area contributed by atoms with Gasteiger partial charge in [0.05, 0.1) is 0 Å². The number of nitrogens with zero attached hydrogens (tertiary/aromatic N) is 1. The zero-order chi connectivity index (χ0) is 16.2. The lowest BCUT2D eigenvalue weighted by Crippen LogP contribution is -2.39. The van der Waals surface area contributed by atoms with Gasteiger partial charge in [0, 0.05) is 23.9 Å². The van der Waals surface area contributed by atoms with Crippen molar-refractivity contribution in [1.29, 1.82) is 0 Å². The molecule has 1 aromatic heterocycles. The summed E-state index contributed by atoms with van der Waals surface area (Å²) in [5.41, 5.74) is 0. The van der Waals surface area contributed by atoms with E-state index in [9.17, 15) is 9.59 Å². The second kappa shape index (κ2) is 7.15. The van der Waals surface area contributed by atoms with Crippen molar-refractivity contribution in [2.75, 3.05) is 5.32 Å². The topological polar surface area (TPSA) is 84.2 Å². The Bertz CT molecular complexity index is 555. The fourth-order valence-electron chi connectivity index (χ4n) is 3.66. The Morgan fingerprint density at radius 1 is 1.04 bits per heavy atom. The number of nitrogens with one attached hydrogen (secondary N) is 2. The van der Waals surface area contributed by atoms with Gasteiger partial charge in [-0.3, -0.25) is 9.59 Å². The van der Waals surface area contributed by atoms with E-state index in [1.54, 1.807) is 13.0 Å². The molecule has 2 saturated carbocycles. The molecule has 0 saturated heterocycles. The molecule has 2 N–H and O–H groups in total. The fraction of sp³-hybridized carbons (Fsp3) is 0.706. The molecule has 2 aliphatic rings. The van der Waals surface area contributed by atoms with Crippen molar-refractivity contribution in [3.05, 3.63) is 11.8 Å². The molecule has 0 atom stereocenters. The first-order valence-corrected chi connectivity index (χ1v) is 8.66. The number of amides is 2. The number of rotatable bonds is 4. The molecular weight excluding hydrogens is 294 g/mol. The number of anilines is 1. The lowest BCUT2D eigenvalue weighted by atomic mass is 9.81. The second-order valence-corrected chi connectivity index (χ2v) is 6.85. The highest BCUT2D eigenvalue weighted by Gasteiger charge is 2.31. The number of carbonyl (C=O) groups is 2. The van der Waals surface area contributed by atoms with Gasteiger partial charge in [-0.15, -0.1) is 0 Å². The van der Waals surface area contributed by atoms with Gasteiger partial charge in [0.25, 0.3) is 0 Å². The van der Waals surface area contributed by atoms with Crippen LogP contribution in [0.1, 0.15) is 57.1 Å². The number of hydrogen-bond acceptors (Lipinski definition) is 4. The summed E-state index contributed by atoms with van der Waals surface area (Å²) in [5.74, 6) is 1.33. The van der Waals surface area contributed by atoms with Gasteiger partial charge >= 0.3 is 0 Å². The van der Waals surface area contributed by atoms with E-state index in [1.807, 2.05) is 0 Å². The number of aromatic nitrogens is 1. The van der Waals surface area contributed by atoms with Gasteiger partial charge < -0.3 is 15.2 Å². The summed E-state index contributed by atoms with van der Waals surface area (Å²) in [6, 6.07) is 2.08. The fourth-order valence-corrected chi connectivity index (χ4v) is 3.66. The monoisotopic (exact) mass is 319 g/mol. The average Bonchev–Trinajstić information content (AvgIpc) is 3.19. The van der Waals surface area contributed by atoms with Crippen LogP contribution in [0, 0.1) is 18.8 Å². The van der Waals surface area contributed by atoms with E-state index in [-0.39, 0.29) is 23.7 Å². The molecule has 0 spiro atoms. The molecule has 0 aliphatic heterocycles. The van der Waals surface area contributed by atoms with Gasteiger partial charge in [-0.25, -0.2) is 0 Å². The van der Waals surface area contributed by atoms with Crippen LogP contribution in [0.15, 0.2) is 10.6 Å². The maximum absolute atomic E-state index is 12.3. The molecule has 2 amide bonds. The van der Waals surface area contributed by atoms with Gasteiger partial charge in [0.1, 0.15) is 5.76 Å². The molecule has 6 nitrogen and oxygen atoms in total. The summed E-state index contributed by atoms with van der Waals surface area (Å²) in [5, 5.41) is 9.74. The summed E-state index contributed by atoms with van der Waals surface area (Å²) < 4.78 is 4.95. The first-order valence-electron chi connectivity index (χ1n) is 8.66. The molecule has 2 aliphatic carbocycles. The second-order valence-electron chi connectivity index (χ2n) is 6.85. The molecule has 0 radical (unpaired) electrons. The molecule has 0 unspecified atom stereocenters. The van der Waals surface area contributed by atoms with E-state index < -0.39 is 0 Å². The van der Waals surface area contributed by atoms with Crippen molar-refractivity contribution in [2.45, 2.75) is 64.3 Å². The molecule has 1 aromatic rings. The van der Waals surface area contributed by atoms with Crippen LogP contribution < -0.4 is 10.6 Å². The third-order valence-electron chi connectivity index (χ3n) is 5.05. The zero-order valence-corrected chi connectivity index (χ0v) is 13.6. The number of hydrogen-bond donors (Lipinski definition) is 2. The predicted octanol–water partition coefficient (Wildman–Crippen LogP) is 2.79. The summed E-state index contributed by atoms with van der Waals surface area (Å²) >= 11 is 0. The van der Waals surface area contributed by atoms with Crippen LogP contribution >= 0.6 is 0 Å². The molecule has 23 heavy (non-hydrogen) atoms. The lowest BCUT2D eigenvalue weighted by molar-refractivity contribution is -0.129. The third kappa shape index (κ3) is 4.12. The van der Waals surface area contributed by atoms with Gasteiger partial charge in [-0.05, 0) is 45.4 Å². The Morgan fingerprint density at radius 2 is 1.65 bits per heavy atom. The van der Waals surface area contributed by atoms with Crippen LogP contribution in [0.5, 0.6) is 0 Å². The van der Waals surface area contributed by atoms with Crippen LogP contribution in [0.2, 0.25) is 0 Å². The molecule has 3 rings (SSSR count). The van der Waals surface area contributed by atoms with E-state index in [0.29, 0.717) is 17.6 Å². The van der Waals surface area contributed by atoms with Gasteiger partial charge in [-0.1, -0.05) is 18.0 Å². The molecule has 126 valence electrons. The van der Waals surface area contributed by atoms with E-state index >= 15 is 0 Å². The standard InChI is InChI=1S/C17H25N3O3/c1-11-10-15(20-23-11)19-17(22)13-8-6-12(7-9-13)16(21)18-14-4-2-3-5-14/h10,12-14H,2-9H2,1H3,(H,18,21)(H,19,20,22). The largest absolute Gasteiger partial charge is 0.360 e. The molecule has 1 heterocycles. The Labute approximate surface area is 136 Å². The first-order chi connectivity index (χ1) is 11.1. The SMILES string of the molecule is Cc1cc(NC(=O)C2CCC(C(=O)NC3CCCC3)CC2)no1. The van der Waals surface area contributed by atoms with E-state index in [1.165, 1.54) is 12.8 Å². The zero-order valence-electron chi connectivity index (χ0n) is 13.6. The van der Waals surface area contributed by atoms with Crippen LogP contribution in [-0.4, -0.2) is 23.0 Å². The van der Waals surface area contributed by atoms with Gasteiger partial charge in [0.2, 0.25) is 11.8 Å². The predicted molar refractivity (Wildman–Crippen MR) is 85.7 cm³/mol. The Balaban J connectivity index is 1.44. The smallest absolute Gasteiger partial charge is 0.228 e. The summed E-state index contributed by atoms with van der Waals surface area (Å²) in [4.78, 5) is 24.5. The minimum Gasteiger partial charge on any atom is -0.360 e. The van der Waals surface area contributed by atoms with E-state index in [2.05, 4.69) is 15.8 Å². The van der Waals surface area contributed by atoms with E-state index in [0.717, 1.165) is 38.5 Å². The van der Waals surface area contributed by atoms with Crippen molar-refractivity contribution in [1.82, 2.24) is 10.5 Å². The van der Waals surface area contributed by atoms with Crippen molar-refractivity contribution in [2.24, 2.45) is 11.8 Å². The number of aryl methyl sites for hydroxylation is 1. The van der Waals surface area contributed by atoms with Crippen LogP contribution in [-0.2, 0) is 9.59 Å². The quantitative estimate of drug-likeness (QED) is 0.893. The lowest BCUT2D eigenvalue weighted by Gasteiger charge is -2.27. The molecule has 2 fully saturated rings. The molecule has 6 heteroatoms. The summed E-state index contributed by atoms with van der Waals surface area (Å²) in [6.45, 7) is 1.79. The summed E-state index contributed by atoms with van der Waals surface area (Å²) in [6.07, 6.45) is 7.75. The van der Waals surface area contributed by atoms with E-state index in [4.69, 9.17) is 4.52 Å². The Kier molecular flexibility index (Phi) is 4.98. The van der Waals surface area contributed by atoms with Gasteiger partial charge in [0.15, 0.2) is 5.82 Å². The number of carbonyl (C=O) groups excluding carboxylic acids is 2. The molecule has 0 bridgehead atoms. The Hall–Kier alpha value is -1.85. The van der Waals surface area contributed by atoms with Crippen LogP contribution in [0.3, 0.4) is 0 Å². The highest BCUT2D eigenvalue weighted by molar-refractivity contribution is 5.91. The van der Waals surface area contributed by atoms with Crippen LogP contribution in [0.4, 0.5) is 5.82 Å². The van der Waals surface area contributed by atoms with Crippen molar-refractivity contribution in [3.63, 3.8) is 0 Å². The average molecular weight is 319 g/mol. The molecule has 0 aromatic carbocycles. The minimum absolute atomic E-state index is 0.0204.